The van der Waals surface area contributed by atoms with Crippen LogP contribution in [0.5, 0.6) is 5.88 Å². The van der Waals surface area contributed by atoms with Crippen molar-refractivity contribution in [2.45, 2.75) is 38.3 Å². The maximum atomic E-state index is 10.9. The third-order valence-corrected chi connectivity index (χ3v) is 2.93. The number of nitro groups is 1. The molecule has 0 spiro atoms. The maximum Gasteiger partial charge on any atom is 0.331 e. The summed E-state index contributed by atoms with van der Waals surface area (Å²) in [7, 11) is 0. The van der Waals surface area contributed by atoms with E-state index in [-0.39, 0.29) is 23.7 Å². The molecule has 2 N–H and O–H groups in total. The first-order chi connectivity index (χ1) is 8.08. The number of hydrogen-bond acceptors (Lipinski definition) is 5. The third kappa shape index (κ3) is 2.52. The molecule has 92 valence electrons. The Morgan fingerprint density at radius 1 is 1.59 bits per heavy atom. The normalized spacial score (nSPS) is 23.6. The molecule has 1 aliphatic carbocycles. The number of nitrogens with two attached hydrogens (primary N) is 1. The fourth-order valence-corrected chi connectivity index (χ4v) is 2.01. The molecule has 1 aromatic heterocycles. The Kier molecular flexibility index (Phi) is 3.23. The zero-order valence-corrected chi connectivity index (χ0v) is 9.63. The van der Waals surface area contributed by atoms with Crippen molar-refractivity contribution in [1.29, 1.82) is 0 Å². The maximum absolute atomic E-state index is 10.9. The van der Waals surface area contributed by atoms with Crippen LogP contribution in [-0.2, 0) is 0 Å². The molecule has 6 heteroatoms. The van der Waals surface area contributed by atoms with Crippen LogP contribution in [0.15, 0.2) is 12.3 Å². The SMILES string of the molecule is Cc1cnc(OC2CCCC2N)c([N+](=O)[O-])c1. The van der Waals surface area contributed by atoms with Gasteiger partial charge >= 0.3 is 5.69 Å². The van der Waals surface area contributed by atoms with Gasteiger partial charge in [0, 0.05) is 18.3 Å². The summed E-state index contributed by atoms with van der Waals surface area (Å²) in [6, 6.07) is 1.40. The topological polar surface area (TPSA) is 91.3 Å². The highest BCUT2D eigenvalue weighted by Gasteiger charge is 2.28. The quantitative estimate of drug-likeness (QED) is 0.636. The average molecular weight is 237 g/mol. The number of pyridine rings is 1. The van der Waals surface area contributed by atoms with E-state index in [1.165, 1.54) is 6.07 Å². The van der Waals surface area contributed by atoms with Crippen molar-refractivity contribution in [3.8, 4) is 5.88 Å². The molecule has 0 saturated heterocycles. The van der Waals surface area contributed by atoms with Crippen molar-refractivity contribution in [3.63, 3.8) is 0 Å². The Hall–Kier alpha value is -1.69. The van der Waals surface area contributed by atoms with Crippen molar-refractivity contribution < 1.29 is 9.66 Å². The molecule has 1 saturated carbocycles. The highest BCUT2D eigenvalue weighted by molar-refractivity contribution is 5.42. The Balaban J connectivity index is 2.22. The van der Waals surface area contributed by atoms with Crippen LogP contribution in [0.25, 0.3) is 0 Å². The van der Waals surface area contributed by atoms with Gasteiger partial charge in [0.25, 0.3) is 5.88 Å². The lowest BCUT2D eigenvalue weighted by Crippen LogP contribution is -2.34. The Morgan fingerprint density at radius 2 is 2.35 bits per heavy atom. The Labute approximate surface area is 98.9 Å². The second-order valence-electron chi connectivity index (χ2n) is 4.35. The summed E-state index contributed by atoms with van der Waals surface area (Å²) in [5.41, 5.74) is 6.50. The molecule has 0 amide bonds. The molecular weight excluding hydrogens is 222 g/mol. The first kappa shape index (κ1) is 11.8. The summed E-state index contributed by atoms with van der Waals surface area (Å²) in [5.74, 6) is 0.0722. The number of rotatable bonds is 3. The minimum Gasteiger partial charge on any atom is -0.468 e. The molecular formula is C11H15N3O3. The lowest BCUT2D eigenvalue weighted by molar-refractivity contribution is -0.386. The van der Waals surface area contributed by atoms with Crippen LogP contribution in [0.3, 0.4) is 0 Å². The molecule has 2 atom stereocenters. The van der Waals surface area contributed by atoms with E-state index in [2.05, 4.69) is 4.98 Å². The number of ether oxygens (including phenoxy) is 1. The Morgan fingerprint density at radius 3 is 2.94 bits per heavy atom. The largest absolute Gasteiger partial charge is 0.468 e. The van der Waals surface area contributed by atoms with E-state index in [9.17, 15) is 10.1 Å². The van der Waals surface area contributed by atoms with Gasteiger partial charge in [-0.15, -0.1) is 0 Å². The summed E-state index contributed by atoms with van der Waals surface area (Å²) in [4.78, 5) is 14.4. The van der Waals surface area contributed by atoms with Crippen LogP contribution in [0, 0.1) is 17.0 Å². The standard InChI is InChI=1S/C11H15N3O3/c1-7-5-9(14(15)16)11(13-6-7)17-10-4-2-3-8(10)12/h5-6,8,10H,2-4,12H2,1H3. The zero-order valence-electron chi connectivity index (χ0n) is 9.63. The van der Waals surface area contributed by atoms with Crippen LogP contribution in [0.1, 0.15) is 24.8 Å². The molecule has 2 rings (SSSR count). The summed E-state index contributed by atoms with van der Waals surface area (Å²) in [6.07, 6.45) is 4.11. The van der Waals surface area contributed by atoms with Crippen molar-refractivity contribution in [2.75, 3.05) is 0 Å². The molecule has 1 heterocycles. The second-order valence-corrected chi connectivity index (χ2v) is 4.35. The number of hydrogen-bond donors (Lipinski definition) is 1. The number of aryl methyl sites for hydroxylation is 1. The van der Waals surface area contributed by atoms with Gasteiger partial charge in [0.2, 0.25) is 0 Å². The molecule has 1 aliphatic rings. The van der Waals surface area contributed by atoms with E-state index < -0.39 is 4.92 Å². The van der Waals surface area contributed by atoms with Gasteiger partial charge in [0.1, 0.15) is 6.10 Å². The molecule has 6 nitrogen and oxygen atoms in total. The molecule has 1 aromatic rings. The van der Waals surface area contributed by atoms with E-state index in [0.29, 0.717) is 0 Å². The van der Waals surface area contributed by atoms with Gasteiger partial charge in [-0.05, 0) is 31.7 Å². The fraction of sp³-hybridized carbons (Fsp3) is 0.545. The van der Waals surface area contributed by atoms with Gasteiger partial charge in [-0.3, -0.25) is 10.1 Å². The summed E-state index contributed by atoms with van der Waals surface area (Å²) >= 11 is 0. The molecule has 17 heavy (non-hydrogen) atoms. The molecule has 0 bridgehead atoms. The van der Waals surface area contributed by atoms with E-state index in [0.717, 1.165) is 24.8 Å². The van der Waals surface area contributed by atoms with Crippen molar-refractivity contribution in [3.05, 3.63) is 27.9 Å². The monoisotopic (exact) mass is 237 g/mol. The number of nitrogens with zero attached hydrogens (tertiary/aromatic N) is 2. The summed E-state index contributed by atoms with van der Waals surface area (Å²) < 4.78 is 5.56. The highest BCUT2D eigenvalue weighted by atomic mass is 16.6. The molecule has 0 radical (unpaired) electrons. The van der Waals surface area contributed by atoms with E-state index in [1.54, 1.807) is 13.1 Å². The van der Waals surface area contributed by atoms with E-state index >= 15 is 0 Å². The predicted octanol–water partition coefficient (Wildman–Crippen LogP) is 1.56. The molecule has 1 fully saturated rings. The lowest BCUT2D eigenvalue weighted by atomic mass is 10.2. The van der Waals surface area contributed by atoms with Gasteiger partial charge < -0.3 is 10.5 Å². The minimum atomic E-state index is -0.476. The van der Waals surface area contributed by atoms with Gasteiger partial charge in [0.15, 0.2) is 0 Å². The van der Waals surface area contributed by atoms with E-state index in [1.807, 2.05) is 0 Å². The summed E-state index contributed by atoms with van der Waals surface area (Å²) in [5, 5.41) is 10.9. The molecule has 0 aliphatic heterocycles. The van der Waals surface area contributed by atoms with Crippen LogP contribution in [0.2, 0.25) is 0 Å². The number of aromatic nitrogens is 1. The average Bonchev–Trinajstić information content (AvgIpc) is 2.67. The third-order valence-electron chi connectivity index (χ3n) is 2.93. The van der Waals surface area contributed by atoms with Gasteiger partial charge in [-0.25, -0.2) is 4.98 Å². The van der Waals surface area contributed by atoms with Gasteiger partial charge in [-0.1, -0.05) is 0 Å². The zero-order chi connectivity index (χ0) is 12.4. The first-order valence-corrected chi connectivity index (χ1v) is 5.61. The van der Waals surface area contributed by atoms with Crippen molar-refractivity contribution in [2.24, 2.45) is 5.73 Å². The predicted molar refractivity (Wildman–Crippen MR) is 61.9 cm³/mol. The van der Waals surface area contributed by atoms with Crippen molar-refractivity contribution >= 4 is 5.69 Å². The summed E-state index contributed by atoms with van der Waals surface area (Å²) in [6.45, 7) is 1.76. The van der Waals surface area contributed by atoms with Gasteiger partial charge in [-0.2, -0.15) is 0 Å². The van der Waals surface area contributed by atoms with Crippen molar-refractivity contribution in [1.82, 2.24) is 4.98 Å². The van der Waals surface area contributed by atoms with Crippen LogP contribution in [-0.4, -0.2) is 22.1 Å². The van der Waals surface area contributed by atoms with Crippen LogP contribution in [0.4, 0.5) is 5.69 Å². The van der Waals surface area contributed by atoms with E-state index in [4.69, 9.17) is 10.5 Å². The molecule has 2 unspecified atom stereocenters. The highest BCUT2D eigenvalue weighted by Crippen LogP contribution is 2.29. The fourth-order valence-electron chi connectivity index (χ4n) is 2.01. The van der Waals surface area contributed by atoms with Crippen LogP contribution < -0.4 is 10.5 Å². The Bertz CT molecular complexity index is 436. The lowest BCUT2D eigenvalue weighted by Gasteiger charge is -2.16. The first-order valence-electron chi connectivity index (χ1n) is 5.61. The second kappa shape index (κ2) is 4.67. The smallest absolute Gasteiger partial charge is 0.331 e. The molecule has 0 aromatic carbocycles. The minimum absolute atomic E-state index is 0.0577. The van der Waals surface area contributed by atoms with Gasteiger partial charge in [0.05, 0.1) is 4.92 Å². The van der Waals surface area contributed by atoms with Crippen LogP contribution >= 0.6 is 0 Å².